The maximum atomic E-state index is 12.8. The van der Waals surface area contributed by atoms with Crippen molar-refractivity contribution in [1.82, 2.24) is 9.55 Å². The second-order valence-corrected chi connectivity index (χ2v) is 7.89. The summed E-state index contributed by atoms with van der Waals surface area (Å²) in [5, 5.41) is 5.09. The first-order valence-electron chi connectivity index (χ1n) is 9.28. The lowest BCUT2D eigenvalue weighted by Gasteiger charge is -2.25. The van der Waals surface area contributed by atoms with Gasteiger partial charge in [0, 0.05) is 36.7 Å². The molecule has 2 aromatic carbocycles. The number of nitrogens with zero attached hydrogens (tertiary/aromatic N) is 3. The average Bonchev–Trinajstić information content (AvgIpc) is 3.30. The molecule has 0 atom stereocenters. The molecule has 0 spiro atoms. The lowest BCUT2D eigenvalue weighted by atomic mass is 10.2. The summed E-state index contributed by atoms with van der Waals surface area (Å²) in [5.74, 6) is -0.115. The number of ether oxygens (including phenoxy) is 1. The van der Waals surface area contributed by atoms with Gasteiger partial charge < -0.3 is 19.5 Å². The normalized spacial score (nSPS) is 14.7. The summed E-state index contributed by atoms with van der Waals surface area (Å²) in [7, 11) is 1.91. The van der Waals surface area contributed by atoms with Gasteiger partial charge >= 0.3 is 0 Å². The lowest BCUT2D eigenvalue weighted by Crippen LogP contribution is -2.36. The third kappa shape index (κ3) is 3.02. The number of para-hydroxylation sites is 1. The first kappa shape index (κ1) is 17.2. The summed E-state index contributed by atoms with van der Waals surface area (Å²) in [4.78, 5) is 19.8. The Labute approximate surface area is 166 Å². The number of hydrogen-bond acceptors (Lipinski definition) is 5. The second-order valence-electron chi connectivity index (χ2n) is 6.88. The number of thiazole rings is 1. The predicted octanol–water partition coefficient (Wildman–Crippen LogP) is 3.88. The molecule has 1 amide bonds. The Morgan fingerprint density at radius 2 is 1.96 bits per heavy atom. The molecule has 3 heterocycles. The Morgan fingerprint density at radius 1 is 1.14 bits per heavy atom. The molecule has 0 radical (unpaired) electrons. The Balaban J connectivity index is 1.41. The zero-order chi connectivity index (χ0) is 19.1. The van der Waals surface area contributed by atoms with Crippen molar-refractivity contribution in [3.63, 3.8) is 0 Å². The van der Waals surface area contributed by atoms with Crippen molar-refractivity contribution in [2.24, 2.45) is 7.05 Å². The monoisotopic (exact) mass is 392 g/mol. The van der Waals surface area contributed by atoms with E-state index in [4.69, 9.17) is 9.72 Å². The zero-order valence-corrected chi connectivity index (χ0v) is 16.3. The minimum absolute atomic E-state index is 0.115. The van der Waals surface area contributed by atoms with Gasteiger partial charge in [0.2, 0.25) is 0 Å². The summed E-state index contributed by atoms with van der Waals surface area (Å²) in [6.07, 6.45) is 0. The van der Waals surface area contributed by atoms with E-state index in [1.165, 1.54) is 0 Å². The van der Waals surface area contributed by atoms with Crippen LogP contribution < -0.4 is 10.2 Å². The molecule has 1 N–H and O–H groups in total. The molecule has 0 unspecified atom stereocenters. The van der Waals surface area contributed by atoms with E-state index in [-0.39, 0.29) is 5.91 Å². The number of carbonyl (C=O) groups excluding carboxylic acids is 1. The van der Waals surface area contributed by atoms with Crippen LogP contribution in [0.4, 0.5) is 10.8 Å². The number of anilines is 2. The van der Waals surface area contributed by atoms with Crippen molar-refractivity contribution in [3.8, 4) is 0 Å². The maximum absolute atomic E-state index is 12.8. The van der Waals surface area contributed by atoms with Crippen LogP contribution in [-0.2, 0) is 11.8 Å². The van der Waals surface area contributed by atoms with Crippen LogP contribution in [0.5, 0.6) is 0 Å². The molecular weight excluding hydrogens is 372 g/mol. The van der Waals surface area contributed by atoms with Gasteiger partial charge in [0.1, 0.15) is 5.69 Å². The van der Waals surface area contributed by atoms with Gasteiger partial charge in [-0.1, -0.05) is 29.5 Å². The number of hydrogen-bond donors (Lipinski definition) is 1. The van der Waals surface area contributed by atoms with Crippen molar-refractivity contribution in [1.29, 1.82) is 0 Å². The highest BCUT2D eigenvalue weighted by molar-refractivity contribution is 7.22. The number of carbonyl (C=O) groups is 1. The molecule has 0 bridgehead atoms. The molecule has 1 aliphatic heterocycles. The molecule has 1 aliphatic rings. The number of morpholine rings is 1. The van der Waals surface area contributed by atoms with Crippen LogP contribution in [0, 0.1) is 0 Å². The molecule has 1 saturated heterocycles. The Kier molecular flexibility index (Phi) is 4.26. The number of rotatable bonds is 3. The highest BCUT2D eigenvalue weighted by atomic mass is 32.1. The Bertz CT molecular complexity index is 1170. The summed E-state index contributed by atoms with van der Waals surface area (Å²) in [6.45, 7) is 3.21. The van der Waals surface area contributed by atoms with Gasteiger partial charge in [-0.15, -0.1) is 0 Å². The minimum Gasteiger partial charge on any atom is -0.378 e. The summed E-state index contributed by atoms with van der Waals surface area (Å²) in [6, 6.07) is 15.8. The zero-order valence-electron chi connectivity index (χ0n) is 15.5. The number of benzene rings is 2. The molecule has 4 aromatic rings. The van der Waals surface area contributed by atoms with Crippen molar-refractivity contribution in [2.75, 3.05) is 36.5 Å². The third-order valence-corrected chi connectivity index (χ3v) is 6.18. The number of amides is 1. The van der Waals surface area contributed by atoms with E-state index in [0.717, 1.165) is 58.2 Å². The fourth-order valence-corrected chi connectivity index (χ4v) is 4.64. The molecule has 5 rings (SSSR count). The minimum atomic E-state index is -0.115. The first-order valence-corrected chi connectivity index (χ1v) is 10.1. The van der Waals surface area contributed by atoms with E-state index in [2.05, 4.69) is 10.2 Å². The quantitative estimate of drug-likeness (QED) is 0.575. The highest BCUT2D eigenvalue weighted by Gasteiger charge is 2.17. The van der Waals surface area contributed by atoms with Gasteiger partial charge in [0.15, 0.2) is 5.13 Å². The van der Waals surface area contributed by atoms with Crippen LogP contribution in [0.25, 0.3) is 21.1 Å². The van der Waals surface area contributed by atoms with Gasteiger partial charge in [0.25, 0.3) is 5.91 Å². The second kappa shape index (κ2) is 6.92. The lowest BCUT2D eigenvalue weighted by molar-refractivity contribution is 0.101. The van der Waals surface area contributed by atoms with E-state index in [1.54, 1.807) is 11.3 Å². The molecule has 28 heavy (non-hydrogen) atoms. The topological polar surface area (TPSA) is 59.4 Å². The molecule has 0 aliphatic carbocycles. The van der Waals surface area contributed by atoms with Crippen LogP contribution in [0.15, 0.2) is 48.5 Å². The SMILES string of the molecule is Cn1c(C(=O)Nc2ccc3nc(N4CCOCC4)sc3c2)cc2ccccc21. The van der Waals surface area contributed by atoms with Gasteiger partial charge in [-0.05, 0) is 30.3 Å². The summed E-state index contributed by atoms with van der Waals surface area (Å²) < 4.78 is 8.41. The smallest absolute Gasteiger partial charge is 0.272 e. The van der Waals surface area contributed by atoms with E-state index in [0.29, 0.717) is 5.69 Å². The predicted molar refractivity (Wildman–Crippen MR) is 114 cm³/mol. The number of fused-ring (bicyclic) bond motifs is 2. The van der Waals surface area contributed by atoms with Crippen LogP contribution in [-0.4, -0.2) is 41.8 Å². The molecule has 142 valence electrons. The number of nitrogens with one attached hydrogen (secondary N) is 1. The largest absolute Gasteiger partial charge is 0.378 e. The maximum Gasteiger partial charge on any atom is 0.272 e. The van der Waals surface area contributed by atoms with E-state index in [1.807, 2.05) is 60.1 Å². The van der Waals surface area contributed by atoms with Crippen LogP contribution in [0.1, 0.15) is 10.5 Å². The van der Waals surface area contributed by atoms with Gasteiger partial charge in [0.05, 0.1) is 23.4 Å². The Morgan fingerprint density at radius 3 is 2.79 bits per heavy atom. The average molecular weight is 392 g/mol. The molecule has 0 saturated carbocycles. The van der Waals surface area contributed by atoms with Crippen molar-refractivity contribution >= 4 is 49.2 Å². The molecular formula is C21H20N4O2S. The number of aryl methyl sites for hydroxylation is 1. The van der Waals surface area contributed by atoms with Crippen molar-refractivity contribution < 1.29 is 9.53 Å². The van der Waals surface area contributed by atoms with Crippen LogP contribution in [0.2, 0.25) is 0 Å². The van der Waals surface area contributed by atoms with Gasteiger partial charge in [-0.3, -0.25) is 4.79 Å². The van der Waals surface area contributed by atoms with E-state index < -0.39 is 0 Å². The fraction of sp³-hybridized carbons (Fsp3) is 0.238. The third-order valence-electron chi connectivity index (χ3n) is 5.10. The molecule has 1 fully saturated rings. The summed E-state index contributed by atoms with van der Waals surface area (Å²) in [5.41, 5.74) is 3.41. The highest BCUT2D eigenvalue weighted by Crippen LogP contribution is 2.31. The van der Waals surface area contributed by atoms with E-state index in [9.17, 15) is 4.79 Å². The van der Waals surface area contributed by atoms with Crippen LogP contribution >= 0.6 is 11.3 Å². The van der Waals surface area contributed by atoms with Crippen molar-refractivity contribution in [2.45, 2.75) is 0 Å². The fourth-order valence-electron chi connectivity index (χ4n) is 3.58. The first-order chi connectivity index (χ1) is 13.7. The van der Waals surface area contributed by atoms with Crippen LogP contribution in [0.3, 0.4) is 0 Å². The summed E-state index contributed by atoms with van der Waals surface area (Å²) >= 11 is 1.65. The van der Waals surface area contributed by atoms with Gasteiger partial charge in [-0.25, -0.2) is 4.98 Å². The Hall–Kier alpha value is -2.90. The van der Waals surface area contributed by atoms with Gasteiger partial charge in [-0.2, -0.15) is 0 Å². The van der Waals surface area contributed by atoms with E-state index >= 15 is 0 Å². The standard InChI is InChI=1S/C21H20N4O2S/c1-24-17-5-3-2-4-14(17)12-18(24)20(26)22-15-6-7-16-19(13-15)28-21(23-16)25-8-10-27-11-9-25/h2-7,12-13H,8-11H2,1H3,(H,22,26). The molecule has 6 nitrogen and oxygen atoms in total. The molecule has 7 heteroatoms. The van der Waals surface area contributed by atoms with Crippen molar-refractivity contribution in [3.05, 3.63) is 54.2 Å². The molecule has 2 aromatic heterocycles. The number of aromatic nitrogens is 2.